The predicted octanol–water partition coefficient (Wildman–Crippen LogP) is 2.53. The zero-order valence-corrected chi connectivity index (χ0v) is 10.6. The molecule has 0 fully saturated rings. The van der Waals surface area contributed by atoms with Crippen LogP contribution in [0.3, 0.4) is 0 Å². The van der Waals surface area contributed by atoms with Crippen molar-refractivity contribution in [1.82, 2.24) is 9.97 Å². The molecule has 0 bridgehead atoms. The van der Waals surface area contributed by atoms with E-state index in [2.05, 4.69) is 35.9 Å². The number of nitrogens with zero attached hydrogens (tertiary/aromatic N) is 1. The van der Waals surface area contributed by atoms with Gasteiger partial charge in [-0.1, -0.05) is 38.1 Å². The number of nitrogens with two attached hydrogens (primary N) is 1. The summed E-state index contributed by atoms with van der Waals surface area (Å²) in [5.74, 6) is 0.680. The van der Waals surface area contributed by atoms with Crippen molar-refractivity contribution in [3.8, 4) is 11.3 Å². The van der Waals surface area contributed by atoms with Gasteiger partial charge in [-0.3, -0.25) is 9.78 Å². The highest BCUT2D eigenvalue weighted by Crippen LogP contribution is 2.22. The van der Waals surface area contributed by atoms with E-state index in [9.17, 15) is 4.79 Å². The van der Waals surface area contributed by atoms with Crippen molar-refractivity contribution in [3.05, 3.63) is 46.2 Å². The summed E-state index contributed by atoms with van der Waals surface area (Å²) in [5.41, 5.74) is 8.09. The second kappa shape index (κ2) is 5.04. The van der Waals surface area contributed by atoms with Gasteiger partial charge in [0.05, 0.1) is 5.69 Å². The number of aromatic nitrogens is 2. The van der Waals surface area contributed by atoms with E-state index in [1.165, 1.54) is 11.6 Å². The van der Waals surface area contributed by atoms with E-state index in [1.807, 2.05) is 12.1 Å². The van der Waals surface area contributed by atoms with Gasteiger partial charge in [-0.05, 0) is 17.9 Å². The summed E-state index contributed by atoms with van der Waals surface area (Å²) in [5, 5.41) is 0. The number of nitrogen functional groups attached to an aromatic ring is 1. The summed E-state index contributed by atoms with van der Waals surface area (Å²) in [6.45, 7) is 4.36. The SMILES string of the molecule is CCC(C)c1ccc(-c2cc(=O)[nH]c(N)n2)cc1. The minimum Gasteiger partial charge on any atom is -0.369 e. The highest BCUT2D eigenvalue weighted by atomic mass is 16.1. The molecular formula is C14H17N3O. The Bertz CT molecular complexity index is 587. The zero-order chi connectivity index (χ0) is 13.1. The smallest absolute Gasteiger partial charge is 0.252 e. The summed E-state index contributed by atoms with van der Waals surface area (Å²) in [7, 11) is 0. The normalized spacial score (nSPS) is 12.3. The van der Waals surface area contributed by atoms with Gasteiger partial charge in [-0.2, -0.15) is 0 Å². The number of aromatic amines is 1. The molecule has 2 aromatic rings. The third-order valence-electron chi connectivity index (χ3n) is 3.15. The summed E-state index contributed by atoms with van der Waals surface area (Å²) in [6.07, 6.45) is 1.11. The molecule has 0 spiro atoms. The number of H-pyrrole nitrogens is 1. The second-order valence-electron chi connectivity index (χ2n) is 4.45. The van der Waals surface area contributed by atoms with Crippen LogP contribution >= 0.6 is 0 Å². The maximum absolute atomic E-state index is 11.3. The summed E-state index contributed by atoms with van der Waals surface area (Å²) >= 11 is 0. The van der Waals surface area contributed by atoms with Crippen molar-refractivity contribution >= 4 is 5.95 Å². The van der Waals surface area contributed by atoms with Crippen molar-refractivity contribution < 1.29 is 0 Å². The van der Waals surface area contributed by atoms with Crippen LogP contribution in [0.4, 0.5) is 5.95 Å². The molecule has 0 saturated carbocycles. The average molecular weight is 243 g/mol. The van der Waals surface area contributed by atoms with Gasteiger partial charge in [0, 0.05) is 11.6 Å². The average Bonchev–Trinajstić information content (AvgIpc) is 2.37. The molecule has 1 aromatic carbocycles. The third kappa shape index (κ3) is 2.59. The lowest BCUT2D eigenvalue weighted by atomic mass is 9.97. The fourth-order valence-corrected chi connectivity index (χ4v) is 1.84. The van der Waals surface area contributed by atoms with Gasteiger partial charge in [0.25, 0.3) is 5.56 Å². The van der Waals surface area contributed by atoms with E-state index in [0.717, 1.165) is 12.0 Å². The fraction of sp³-hybridized carbons (Fsp3) is 0.286. The Labute approximate surface area is 106 Å². The number of rotatable bonds is 3. The topological polar surface area (TPSA) is 71.8 Å². The molecular weight excluding hydrogens is 226 g/mol. The number of nitrogens with one attached hydrogen (secondary N) is 1. The van der Waals surface area contributed by atoms with Gasteiger partial charge in [-0.25, -0.2) is 4.98 Å². The van der Waals surface area contributed by atoms with Gasteiger partial charge in [0.1, 0.15) is 0 Å². The van der Waals surface area contributed by atoms with Gasteiger partial charge in [-0.15, -0.1) is 0 Å². The Balaban J connectivity index is 2.37. The lowest BCUT2D eigenvalue weighted by Gasteiger charge is -2.09. The van der Waals surface area contributed by atoms with Gasteiger partial charge in [0.2, 0.25) is 5.95 Å². The minimum absolute atomic E-state index is 0.142. The molecule has 1 unspecified atom stereocenters. The van der Waals surface area contributed by atoms with E-state index < -0.39 is 0 Å². The van der Waals surface area contributed by atoms with Crippen LogP contribution in [0.25, 0.3) is 11.3 Å². The molecule has 3 N–H and O–H groups in total. The molecule has 4 heteroatoms. The lowest BCUT2D eigenvalue weighted by molar-refractivity contribution is 0.734. The first-order valence-corrected chi connectivity index (χ1v) is 6.07. The van der Waals surface area contributed by atoms with E-state index in [1.54, 1.807) is 0 Å². The highest BCUT2D eigenvalue weighted by Gasteiger charge is 2.05. The van der Waals surface area contributed by atoms with E-state index in [0.29, 0.717) is 11.6 Å². The Kier molecular flexibility index (Phi) is 3.46. The Morgan fingerprint density at radius 2 is 2.00 bits per heavy atom. The second-order valence-corrected chi connectivity index (χ2v) is 4.45. The summed E-state index contributed by atoms with van der Waals surface area (Å²) < 4.78 is 0. The Morgan fingerprint density at radius 3 is 2.56 bits per heavy atom. The van der Waals surface area contributed by atoms with Crippen LogP contribution in [-0.4, -0.2) is 9.97 Å². The number of anilines is 1. The maximum Gasteiger partial charge on any atom is 0.252 e. The first kappa shape index (κ1) is 12.4. The minimum atomic E-state index is -0.233. The predicted molar refractivity (Wildman–Crippen MR) is 73.4 cm³/mol. The van der Waals surface area contributed by atoms with Crippen LogP contribution in [-0.2, 0) is 0 Å². The molecule has 0 aliphatic carbocycles. The van der Waals surface area contributed by atoms with Crippen molar-refractivity contribution in [2.45, 2.75) is 26.2 Å². The first-order chi connectivity index (χ1) is 8.60. The molecule has 4 nitrogen and oxygen atoms in total. The number of benzene rings is 1. The van der Waals surface area contributed by atoms with Crippen LogP contribution in [0.2, 0.25) is 0 Å². The Morgan fingerprint density at radius 1 is 1.33 bits per heavy atom. The third-order valence-corrected chi connectivity index (χ3v) is 3.15. The number of hydrogen-bond donors (Lipinski definition) is 2. The lowest BCUT2D eigenvalue weighted by Crippen LogP contribution is -2.10. The molecule has 94 valence electrons. The largest absolute Gasteiger partial charge is 0.369 e. The van der Waals surface area contributed by atoms with Crippen molar-refractivity contribution in [2.24, 2.45) is 0 Å². The zero-order valence-electron chi connectivity index (χ0n) is 10.6. The summed E-state index contributed by atoms with van der Waals surface area (Å²) in [6, 6.07) is 9.55. The van der Waals surface area contributed by atoms with E-state index in [4.69, 9.17) is 5.73 Å². The number of hydrogen-bond acceptors (Lipinski definition) is 3. The molecule has 2 rings (SSSR count). The summed E-state index contributed by atoms with van der Waals surface area (Å²) in [4.78, 5) is 17.9. The monoisotopic (exact) mass is 243 g/mol. The molecule has 1 aromatic heterocycles. The van der Waals surface area contributed by atoms with Crippen molar-refractivity contribution in [1.29, 1.82) is 0 Å². The molecule has 1 heterocycles. The fourth-order valence-electron chi connectivity index (χ4n) is 1.84. The maximum atomic E-state index is 11.3. The first-order valence-electron chi connectivity index (χ1n) is 6.07. The van der Waals surface area contributed by atoms with Crippen molar-refractivity contribution in [2.75, 3.05) is 5.73 Å². The van der Waals surface area contributed by atoms with Gasteiger partial charge >= 0.3 is 0 Å². The molecule has 1 atom stereocenters. The van der Waals surface area contributed by atoms with E-state index >= 15 is 0 Å². The van der Waals surface area contributed by atoms with Crippen LogP contribution < -0.4 is 11.3 Å². The molecule has 0 aliphatic rings. The van der Waals surface area contributed by atoms with Crippen molar-refractivity contribution in [3.63, 3.8) is 0 Å². The highest BCUT2D eigenvalue weighted by molar-refractivity contribution is 5.60. The molecule has 18 heavy (non-hydrogen) atoms. The van der Waals surface area contributed by atoms with Crippen LogP contribution in [0.15, 0.2) is 35.1 Å². The van der Waals surface area contributed by atoms with Crippen LogP contribution in [0.1, 0.15) is 31.7 Å². The van der Waals surface area contributed by atoms with Crippen LogP contribution in [0.5, 0.6) is 0 Å². The standard InChI is InChI=1S/C14H17N3O/c1-3-9(2)10-4-6-11(7-5-10)12-8-13(18)17-14(15)16-12/h4-9H,3H2,1-2H3,(H3,15,16,17,18). The Hall–Kier alpha value is -2.10. The van der Waals surface area contributed by atoms with E-state index in [-0.39, 0.29) is 11.5 Å². The molecule has 0 aliphatic heterocycles. The molecule has 0 saturated heterocycles. The van der Waals surface area contributed by atoms with Gasteiger partial charge in [0.15, 0.2) is 0 Å². The molecule has 0 amide bonds. The van der Waals surface area contributed by atoms with Gasteiger partial charge < -0.3 is 5.73 Å². The molecule has 0 radical (unpaired) electrons. The van der Waals surface area contributed by atoms with Crippen LogP contribution in [0, 0.1) is 0 Å². The quantitative estimate of drug-likeness (QED) is 0.870.